The molecule has 0 aliphatic carbocycles. The molecule has 1 unspecified atom stereocenters. The van der Waals surface area contributed by atoms with E-state index in [2.05, 4.69) is 63.4 Å². The highest BCUT2D eigenvalue weighted by Gasteiger charge is 2.32. The standard InChI is InChI=1S/C20H23N5O2S2/c1-12-5-4-6-13(7-12)16-8-15-17(29-16)18(23-11-22-15)24-25-19(28)21-9-14-10-26-20(2,3)27-14/h4-8,11,14H,9-10H2,1-3H3,(H2,21,25,28)(H,22,23,24). The summed E-state index contributed by atoms with van der Waals surface area (Å²) in [5.74, 6) is 0.144. The number of nitrogens with one attached hydrogen (secondary N) is 3. The van der Waals surface area contributed by atoms with Gasteiger partial charge in [0.2, 0.25) is 0 Å². The van der Waals surface area contributed by atoms with E-state index in [1.54, 1.807) is 17.7 Å². The first kappa shape index (κ1) is 20.0. The Morgan fingerprint density at radius 2 is 2.17 bits per heavy atom. The molecule has 1 aliphatic rings. The van der Waals surface area contributed by atoms with Crippen molar-refractivity contribution in [1.29, 1.82) is 0 Å². The second-order valence-electron chi connectivity index (χ2n) is 7.33. The SMILES string of the molecule is Cc1cccc(-c2cc3ncnc(NNC(=S)NCC4COC(C)(C)O4)c3s2)c1. The van der Waals surface area contributed by atoms with Crippen molar-refractivity contribution in [3.05, 3.63) is 42.2 Å². The summed E-state index contributed by atoms with van der Waals surface area (Å²) in [7, 11) is 0. The van der Waals surface area contributed by atoms with Crippen LogP contribution in [0.25, 0.3) is 20.7 Å². The molecule has 0 spiro atoms. The molecule has 29 heavy (non-hydrogen) atoms. The number of ether oxygens (including phenoxy) is 2. The zero-order valence-corrected chi connectivity index (χ0v) is 18.1. The lowest BCUT2D eigenvalue weighted by Gasteiger charge is -2.18. The fourth-order valence-electron chi connectivity index (χ4n) is 3.11. The molecule has 7 nitrogen and oxygen atoms in total. The van der Waals surface area contributed by atoms with Gasteiger partial charge in [-0.1, -0.05) is 29.8 Å². The first-order chi connectivity index (χ1) is 13.9. The van der Waals surface area contributed by atoms with E-state index in [1.165, 1.54) is 11.1 Å². The van der Waals surface area contributed by atoms with Crippen molar-refractivity contribution in [2.45, 2.75) is 32.7 Å². The normalized spacial score (nSPS) is 18.0. The summed E-state index contributed by atoms with van der Waals surface area (Å²) in [4.78, 5) is 9.89. The Kier molecular flexibility index (Phi) is 5.64. The highest BCUT2D eigenvalue weighted by atomic mass is 32.1. The maximum atomic E-state index is 5.76. The minimum atomic E-state index is -0.541. The molecule has 9 heteroatoms. The average molecular weight is 430 g/mol. The van der Waals surface area contributed by atoms with Crippen molar-refractivity contribution in [2.24, 2.45) is 0 Å². The monoisotopic (exact) mass is 429 g/mol. The van der Waals surface area contributed by atoms with Crippen molar-refractivity contribution in [3.63, 3.8) is 0 Å². The quantitative estimate of drug-likeness (QED) is 0.419. The molecule has 0 radical (unpaired) electrons. The van der Waals surface area contributed by atoms with Crippen molar-refractivity contribution >= 4 is 44.7 Å². The van der Waals surface area contributed by atoms with Gasteiger partial charge in [-0.15, -0.1) is 11.3 Å². The van der Waals surface area contributed by atoms with Gasteiger partial charge >= 0.3 is 0 Å². The fourth-order valence-corrected chi connectivity index (χ4v) is 4.30. The molecule has 3 N–H and O–H groups in total. The second kappa shape index (κ2) is 8.19. The highest BCUT2D eigenvalue weighted by Crippen LogP contribution is 2.35. The van der Waals surface area contributed by atoms with Crippen LogP contribution in [0.3, 0.4) is 0 Å². The number of hydrogen-bond donors (Lipinski definition) is 3. The smallest absolute Gasteiger partial charge is 0.185 e. The third-order valence-electron chi connectivity index (χ3n) is 4.47. The van der Waals surface area contributed by atoms with Gasteiger partial charge in [0.05, 0.1) is 16.8 Å². The van der Waals surface area contributed by atoms with Gasteiger partial charge in [-0.2, -0.15) is 0 Å². The molecule has 1 aliphatic heterocycles. The molecule has 2 aromatic heterocycles. The lowest BCUT2D eigenvalue weighted by atomic mass is 10.1. The lowest BCUT2D eigenvalue weighted by Crippen LogP contribution is -2.43. The van der Waals surface area contributed by atoms with Gasteiger partial charge in [0.25, 0.3) is 0 Å². The zero-order valence-electron chi connectivity index (χ0n) is 16.5. The van der Waals surface area contributed by atoms with Crippen LogP contribution in [-0.2, 0) is 9.47 Å². The van der Waals surface area contributed by atoms with E-state index in [9.17, 15) is 0 Å². The van der Waals surface area contributed by atoms with Gasteiger partial charge in [-0.3, -0.25) is 10.9 Å². The molecule has 1 saturated heterocycles. The van der Waals surface area contributed by atoms with E-state index in [-0.39, 0.29) is 6.10 Å². The lowest BCUT2D eigenvalue weighted by molar-refractivity contribution is -0.137. The van der Waals surface area contributed by atoms with E-state index >= 15 is 0 Å². The topological polar surface area (TPSA) is 80.3 Å². The predicted molar refractivity (Wildman–Crippen MR) is 120 cm³/mol. The zero-order chi connectivity index (χ0) is 20.4. The third-order valence-corrected chi connectivity index (χ3v) is 5.89. The number of hydrogen-bond acceptors (Lipinski definition) is 7. The first-order valence-electron chi connectivity index (χ1n) is 9.33. The van der Waals surface area contributed by atoms with Crippen LogP contribution in [0.5, 0.6) is 0 Å². The number of nitrogens with zero attached hydrogens (tertiary/aromatic N) is 2. The van der Waals surface area contributed by atoms with Crippen LogP contribution in [0.4, 0.5) is 5.82 Å². The number of anilines is 1. The van der Waals surface area contributed by atoms with Crippen LogP contribution in [-0.4, -0.2) is 40.1 Å². The fraction of sp³-hybridized carbons (Fsp3) is 0.350. The number of hydrazine groups is 1. The summed E-state index contributed by atoms with van der Waals surface area (Å²) in [6, 6.07) is 10.5. The van der Waals surface area contributed by atoms with Crippen molar-refractivity contribution in [3.8, 4) is 10.4 Å². The summed E-state index contributed by atoms with van der Waals surface area (Å²) in [5.41, 5.74) is 9.36. The van der Waals surface area contributed by atoms with Gasteiger partial charge in [-0.05, 0) is 44.6 Å². The van der Waals surface area contributed by atoms with Crippen LogP contribution in [0.1, 0.15) is 19.4 Å². The molecular formula is C20H23N5O2S2. The second-order valence-corrected chi connectivity index (χ2v) is 8.79. The van der Waals surface area contributed by atoms with Crippen LogP contribution < -0.4 is 16.2 Å². The summed E-state index contributed by atoms with van der Waals surface area (Å²) >= 11 is 6.99. The van der Waals surface area contributed by atoms with Gasteiger partial charge in [0.1, 0.15) is 12.4 Å². The highest BCUT2D eigenvalue weighted by molar-refractivity contribution is 7.80. The van der Waals surface area contributed by atoms with E-state index in [4.69, 9.17) is 21.7 Å². The molecule has 152 valence electrons. The number of thiophene rings is 1. The Morgan fingerprint density at radius 1 is 1.31 bits per heavy atom. The average Bonchev–Trinajstić information content (AvgIpc) is 3.28. The summed E-state index contributed by atoms with van der Waals surface area (Å²) in [6.45, 7) is 6.99. The molecular weight excluding hydrogens is 406 g/mol. The Balaban J connectivity index is 1.40. The summed E-state index contributed by atoms with van der Waals surface area (Å²) < 4.78 is 12.3. The van der Waals surface area contributed by atoms with Crippen LogP contribution in [0.15, 0.2) is 36.7 Å². The van der Waals surface area contributed by atoms with E-state index in [1.807, 2.05) is 13.8 Å². The number of aromatic nitrogens is 2. The van der Waals surface area contributed by atoms with Gasteiger partial charge in [0, 0.05) is 11.4 Å². The number of benzene rings is 1. The Morgan fingerprint density at radius 3 is 2.93 bits per heavy atom. The molecule has 1 aromatic carbocycles. The van der Waals surface area contributed by atoms with E-state index < -0.39 is 5.79 Å². The van der Waals surface area contributed by atoms with Crippen LogP contribution in [0, 0.1) is 6.92 Å². The summed E-state index contributed by atoms with van der Waals surface area (Å²) in [5, 5.41) is 3.59. The molecule has 0 bridgehead atoms. The molecule has 4 rings (SSSR count). The Labute approximate surface area is 178 Å². The molecule has 1 fully saturated rings. The van der Waals surface area contributed by atoms with Crippen LogP contribution >= 0.6 is 23.6 Å². The third kappa shape index (κ3) is 4.81. The van der Waals surface area contributed by atoms with Gasteiger partial charge in [0.15, 0.2) is 16.7 Å². The number of aryl methyl sites for hydroxylation is 1. The minimum absolute atomic E-state index is 0.0373. The maximum Gasteiger partial charge on any atom is 0.185 e. The maximum absolute atomic E-state index is 5.76. The molecule has 3 heterocycles. The molecule has 3 aromatic rings. The first-order valence-corrected chi connectivity index (χ1v) is 10.6. The largest absolute Gasteiger partial charge is 0.359 e. The van der Waals surface area contributed by atoms with Crippen molar-refractivity contribution in [2.75, 3.05) is 18.6 Å². The molecule has 0 saturated carbocycles. The molecule has 0 amide bonds. The number of fused-ring (bicyclic) bond motifs is 1. The molecule has 1 atom stereocenters. The van der Waals surface area contributed by atoms with Crippen molar-refractivity contribution < 1.29 is 9.47 Å². The Hall–Kier alpha value is -2.33. The number of thiocarbonyl (C=S) groups is 1. The summed E-state index contributed by atoms with van der Waals surface area (Å²) in [6.07, 6.45) is 1.51. The van der Waals surface area contributed by atoms with E-state index in [0.717, 1.165) is 15.1 Å². The number of rotatable bonds is 5. The predicted octanol–water partition coefficient (Wildman–Crippen LogP) is 3.61. The Bertz CT molecular complexity index is 1040. The van der Waals surface area contributed by atoms with E-state index in [0.29, 0.717) is 24.1 Å². The van der Waals surface area contributed by atoms with Crippen LogP contribution in [0.2, 0.25) is 0 Å². The van der Waals surface area contributed by atoms with Gasteiger partial charge < -0.3 is 14.8 Å². The minimum Gasteiger partial charge on any atom is -0.359 e. The van der Waals surface area contributed by atoms with Gasteiger partial charge in [-0.25, -0.2) is 9.97 Å². The van der Waals surface area contributed by atoms with Crippen molar-refractivity contribution in [1.82, 2.24) is 20.7 Å².